The molecule has 3 N–H and O–H groups in total. The molecule has 0 aliphatic carbocycles. The topological polar surface area (TPSA) is 105 Å². The van der Waals surface area contributed by atoms with Gasteiger partial charge in [-0.1, -0.05) is 274 Å². The average molecular weight is 1050 g/mol. The Bertz CT molecular complexity index is 1330. The van der Waals surface area contributed by atoms with Crippen LogP contribution in [0.25, 0.3) is 0 Å². The molecule has 0 aromatic heterocycles. The van der Waals surface area contributed by atoms with Gasteiger partial charge in [0.25, 0.3) is 0 Å². The third-order valence-corrected chi connectivity index (χ3v) is 15.2. The number of phosphoric acid groups is 1. The van der Waals surface area contributed by atoms with Gasteiger partial charge < -0.3 is 19.8 Å². The Labute approximate surface area is 454 Å². The zero-order chi connectivity index (χ0) is 53.5. The summed E-state index contributed by atoms with van der Waals surface area (Å²) in [7, 11) is 1.55. The number of hydrogen-bond donors (Lipinski definition) is 3. The summed E-state index contributed by atoms with van der Waals surface area (Å²) in [6.07, 6.45) is 73.8. The molecule has 0 heterocycles. The molecule has 73 heavy (non-hydrogen) atoms. The van der Waals surface area contributed by atoms with Crippen molar-refractivity contribution >= 4 is 13.7 Å². The number of nitrogens with zero attached hydrogens (tertiary/aromatic N) is 1. The van der Waals surface area contributed by atoms with Crippen LogP contribution in [0.1, 0.15) is 303 Å². The molecule has 0 aliphatic rings. The monoisotopic (exact) mass is 1050 g/mol. The summed E-state index contributed by atoms with van der Waals surface area (Å²) in [5, 5.41) is 13.9. The summed E-state index contributed by atoms with van der Waals surface area (Å²) in [5.41, 5.74) is 0. The number of phosphoric ester groups is 1. The molecular formula is C64H124N2O6P+. The highest BCUT2D eigenvalue weighted by Crippen LogP contribution is 2.43. The van der Waals surface area contributed by atoms with Gasteiger partial charge in [0.1, 0.15) is 13.2 Å². The second-order valence-corrected chi connectivity index (χ2v) is 24.2. The summed E-state index contributed by atoms with van der Waals surface area (Å²) < 4.78 is 23.7. The van der Waals surface area contributed by atoms with Crippen LogP contribution in [0.2, 0.25) is 0 Å². The fourth-order valence-corrected chi connectivity index (χ4v) is 10.0. The van der Waals surface area contributed by atoms with Crippen molar-refractivity contribution in [1.82, 2.24) is 5.32 Å². The molecule has 0 saturated carbocycles. The van der Waals surface area contributed by atoms with Crippen LogP contribution in [-0.4, -0.2) is 73.4 Å². The number of unbranched alkanes of at least 4 members (excludes halogenated alkanes) is 39. The van der Waals surface area contributed by atoms with Crippen molar-refractivity contribution < 1.29 is 32.9 Å². The van der Waals surface area contributed by atoms with E-state index in [0.717, 1.165) is 44.9 Å². The van der Waals surface area contributed by atoms with Crippen LogP contribution in [0.4, 0.5) is 0 Å². The first-order valence-electron chi connectivity index (χ1n) is 31.5. The largest absolute Gasteiger partial charge is 0.472 e. The van der Waals surface area contributed by atoms with E-state index in [9.17, 15) is 19.4 Å². The summed E-state index contributed by atoms with van der Waals surface area (Å²) in [6.45, 7) is 4.82. The lowest BCUT2D eigenvalue weighted by atomic mass is 10.0. The van der Waals surface area contributed by atoms with Crippen molar-refractivity contribution in [3.05, 3.63) is 48.6 Å². The third kappa shape index (κ3) is 58.0. The summed E-state index contributed by atoms with van der Waals surface area (Å²) in [4.78, 5) is 23.3. The second kappa shape index (κ2) is 55.2. The molecule has 0 aromatic carbocycles. The van der Waals surface area contributed by atoms with Gasteiger partial charge in [0.2, 0.25) is 5.91 Å². The minimum absolute atomic E-state index is 0.0541. The van der Waals surface area contributed by atoms with Crippen LogP contribution in [0, 0.1) is 0 Å². The summed E-state index contributed by atoms with van der Waals surface area (Å²) in [6, 6.07) is -0.870. The van der Waals surface area contributed by atoms with Gasteiger partial charge in [0.05, 0.1) is 39.9 Å². The highest BCUT2D eigenvalue weighted by molar-refractivity contribution is 7.47. The Hall–Kier alpha value is -1.54. The van der Waals surface area contributed by atoms with E-state index in [1.165, 1.54) is 238 Å². The molecule has 1 amide bonds. The third-order valence-electron chi connectivity index (χ3n) is 14.2. The molecule has 0 radical (unpaired) electrons. The van der Waals surface area contributed by atoms with Crippen LogP contribution in [0.15, 0.2) is 48.6 Å². The Balaban J connectivity index is 4.12. The van der Waals surface area contributed by atoms with E-state index in [4.69, 9.17) is 9.05 Å². The summed E-state index contributed by atoms with van der Waals surface area (Å²) >= 11 is 0. The van der Waals surface area contributed by atoms with Crippen LogP contribution in [-0.2, 0) is 18.4 Å². The van der Waals surface area contributed by atoms with Crippen molar-refractivity contribution in [2.24, 2.45) is 0 Å². The van der Waals surface area contributed by atoms with E-state index < -0.39 is 20.0 Å². The highest BCUT2D eigenvalue weighted by Gasteiger charge is 2.27. The van der Waals surface area contributed by atoms with Gasteiger partial charge in [0.15, 0.2) is 0 Å². The number of aliphatic hydroxyl groups excluding tert-OH is 1. The number of aliphatic hydroxyl groups is 1. The lowest BCUT2D eigenvalue weighted by Gasteiger charge is -2.25. The SMILES string of the molecule is CCCCCCCCCC/C=C\CCCCCCCCCCCCCCCCCCCCCC(=O)NC(COP(=O)(O)OCC[N+](C)(C)C)C(O)/C=C/CC/C=C/CC/C=C/CCCCCCCCCCCC. The molecule has 0 bridgehead atoms. The maximum atomic E-state index is 13.0. The standard InChI is InChI=1S/C64H123N2O6P/c1-6-8-10-12-14-16-18-20-22-24-26-28-29-30-31-32-33-34-35-36-37-38-40-42-44-46-48-50-52-54-56-58-64(68)65-62(61-72-73(69,70)71-60-59-66(3,4)5)63(67)57-55-53-51-49-47-45-43-41-39-27-25-23-21-19-17-15-13-11-9-7-2/h24,26,39,41,47,49,55,57,62-63,67H,6-23,25,27-38,40,42-46,48,50-54,56,58-61H2,1-5H3,(H-,65,68,69,70)/p+1/b26-24-,41-39+,49-47+,57-55+. The van der Waals surface area contributed by atoms with E-state index >= 15 is 0 Å². The normalized spacial score (nSPS) is 14.1. The number of likely N-dealkylation sites (N-methyl/N-ethyl adjacent to an activating group) is 1. The molecule has 0 saturated heterocycles. The smallest absolute Gasteiger partial charge is 0.387 e. The van der Waals surface area contributed by atoms with Crippen LogP contribution < -0.4 is 5.32 Å². The second-order valence-electron chi connectivity index (χ2n) is 22.8. The van der Waals surface area contributed by atoms with E-state index in [2.05, 4.69) is 55.6 Å². The minimum Gasteiger partial charge on any atom is -0.387 e. The zero-order valence-corrected chi connectivity index (χ0v) is 50.0. The number of allylic oxidation sites excluding steroid dienone is 7. The van der Waals surface area contributed by atoms with E-state index in [0.29, 0.717) is 17.4 Å². The predicted molar refractivity (Wildman–Crippen MR) is 318 cm³/mol. The molecule has 3 unspecified atom stereocenters. The molecular weight excluding hydrogens is 924 g/mol. The van der Waals surface area contributed by atoms with E-state index in [1.807, 2.05) is 27.2 Å². The van der Waals surface area contributed by atoms with E-state index in [1.54, 1.807) is 6.08 Å². The van der Waals surface area contributed by atoms with Gasteiger partial charge in [-0.25, -0.2) is 4.57 Å². The molecule has 3 atom stereocenters. The summed E-state index contributed by atoms with van der Waals surface area (Å²) in [5.74, 6) is -0.186. The zero-order valence-electron chi connectivity index (χ0n) is 49.1. The molecule has 8 nitrogen and oxygen atoms in total. The number of quaternary nitrogens is 1. The van der Waals surface area contributed by atoms with Gasteiger partial charge >= 0.3 is 7.82 Å². The lowest BCUT2D eigenvalue weighted by molar-refractivity contribution is -0.870. The Morgan fingerprint density at radius 3 is 1.10 bits per heavy atom. The number of rotatable bonds is 58. The molecule has 0 spiro atoms. The number of hydrogen-bond acceptors (Lipinski definition) is 5. The van der Waals surface area contributed by atoms with Crippen molar-refractivity contribution in [1.29, 1.82) is 0 Å². The Morgan fingerprint density at radius 2 is 0.753 bits per heavy atom. The minimum atomic E-state index is -4.36. The first-order valence-corrected chi connectivity index (χ1v) is 33.0. The van der Waals surface area contributed by atoms with Crippen LogP contribution in [0.3, 0.4) is 0 Å². The van der Waals surface area contributed by atoms with Crippen LogP contribution in [0.5, 0.6) is 0 Å². The number of carbonyl (C=O) groups excluding carboxylic acids is 1. The number of amides is 1. The van der Waals surface area contributed by atoms with Crippen molar-refractivity contribution in [2.75, 3.05) is 40.9 Å². The lowest BCUT2D eigenvalue weighted by Crippen LogP contribution is -2.45. The molecule has 0 fully saturated rings. The van der Waals surface area contributed by atoms with Crippen molar-refractivity contribution in [2.45, 2.75) is 315 Å². The predicted octanol–water partition coefficient (Wildman–Crippen LogP) is 19.5. The van der Waals surface area contributed by atoms with Gasteiger partial charge in [-0.2, -0.15) is 0 Å². The highest BCUT2D eigenvalue weighted by atomic mass is 31.2. The molecule has 0 aromatic rings. The first kappa shape index (κ1) is 71.5. The van der Waals surface area contributed by atoms with Crippen molar-refractivity contribution in [3.8, 4) is 0 Å². The van der Waals surface area contributed by atoms with Crippen molar-refractivity contribution in [3.63, 3.8) is 0 Å². The first-order chi connectivity index (χ1) is 35.5. The fourth-order valence-electron chi connectivity index (χ4n) is 9.31. The quantitative estimate of drug-likeness (QED) is 0.0243. The fraction of sp³-hybridized carbons (Fsp3) is 0.859. The van der Waals surface area contributed by atoms with E-state index in [-0.39, 0.29) is 19.1 Å². The van der Waals surface area contributed by atoms with Gasteiger partial charge in [-0.3, -0.25) is 13.8 Å². The molecule has 0 aliphatic heterocycles. The van der Waals surface area contributed by atoms with Gasteiger partial charge in [0, 0.05) is 6.42 Å². The van der Waals surface area contributed by atoms with Gasteiger partial charge in [-0.05, 0) is 70.6 Å². The maximum absolute atomic E-state index is 13.0. The average Bonchev–Trinajstić information content (AvgIpc) is 3.35. The maximum Gasteiger partial charge on any atom is 0.472 e. The van der Waals surface area contributed by atoms with Crippen LogP contribution >= 0.6 is 7.82 Å². The Kier molecular flexibility index (Phi) is 54.1. The molecule has 430 valence electrons. The Morgan fingerprint density at radius 1 is 0.452 bits per heavy atom. The number of nitrogens with one attached hydrogen (secondary N) is 1. The molecule has 0 rings (SSSR count). The van der Waals surface area contributed by atoms with Gasteiger partial charge in [-0.15, -0.1) is 0 Å². The number of carbonyl (C=O) groups is 1. The molecule has 9 heteroatoms.